The lowest BCUT2D eigenvalue weighted by atomic mass is 9.97. The van der Waals surface area contributed by atoms with Gasteiger partial charge in [0.1, 0.15) is 0 Å². The molecule has 0 radical (unpaired) electrons. The maximum atomic E-state index is 12.7. The SMILES string of the molecule is CCN(CCc1cccs1)C(=O)C(CN)c1ccccc1.Cl. The first-order valence-corrected chi connectivity index (χ1v) is 8.20. The van der Waals surface area contributed by atoms with Crippen molar-refractivity contribution in [3.63, 3.8) is 0 Å². The van der Waals surface area contributed by atoms with Crippen LogP contribution in [0.2, 0.25) is 0 Å². The number of halogens is 1. The number of rotatable bonds is 7. The van der Waals surface area contributed by atoms with E-state index in [9.17, 15) is 4.79 Å². The lowest BCUT2D eigenvalue weighted by Crippen LogP contribution is -2.39. The molecular weight excluding hydrogens is 316 g/mol. The Kier molecular flexibility index (Phi) is 8.17. The summed E-state index contributed by atoms with van der Waals surface area (Å²) >= 11 is 1.73. The minimum atomic E-state index is -0.241. The van der Waals surface area contributed by atoms with E-state index < -0.39 is 0 Å². The van der Waals surface area contributed by atoms with E-state index in [1.165, 1.54) is 4.88 Å². The van der Waals surface area contributed by atoms with Crippen LogP contribution in [-0.4, -0.2) is 30.4 Å². The molecule has 1 unspecified atom stereocenters. The quantitative estimate of drug-likeness (QED) is 0.842. The van der Waals surface area contributed by atoms with Gasteiger partial charge in [0.2, 0.25) is 5.91 Å². The number of carbonyl (C=O) groups is 1. The fraction of sp³-hybridized carbons (Fsp3) is 0.353. The maximum Gasteiger partial charge on any atom is 0.231 e. The summed E-state index contributed by atoms with van der Waals surface area (Å²) in [7, 11) is 0. The molecule has 0 aliphatic carbocycles. The summed E-state index contributed by atoms with van der Waals surface area (Å²) < 4.78 is 0. The van der Waals surface area contributed by atoms with Crippen molar-refractivity contribution in [1.82, 2.24) is 4.90 Å². The van der Waals surface area contributed by atoms with Gasteiger partial charge in [-0.05, 0) is 30.4 Å². The molecule has 0 spiro atoms. The normalized spacial score (nSPS) is 11.5. The number of amides is 1. The summed E-state index contributed by atoms with van der Waals surface area (Å²) in [5.41, 5.74) is 6.84. The minimum absolute atomic E-state index is 0. The van der Waals surface area contributed by atoms with Crippen LogP contribution in [0.15, 0.2) is 47.8 Å². The van der Waals surface area contributed by atoms with Gasteiger partial charge < -0.3 is 10.6 Å². The van der Waals surface area contributed by atoms with E-state index in [1.54, 1.807) is 11.3 Å². The van der Waals surface area contributed by atoms with E-state index in [0.29, 0.717) is 13.1 Å². The van der Waals surface area contributed by atoms with Gasteiger partial charge in [0.25, 0.3) is 0 Å². The standard InChI is InChI=1S/C17H22N2OS.ClH/c1-2-19(11-10-15-9-6-12-21-15)17(20)16(13-18)14-7-4-3-5-8-14;/h3-9,12,16H,2,10-11,13,18H2,1H3;1H. The molecule has 2 aromatic rings. The van der Waals surface area contributed by atoms with Gasteiger partial charge in [-0.25, -0.2) is 0 Å². The Labute approximate surface area is 142 Å². The number of likely N-dealkylation sites (N-methyl/N-ethyl adjacent to an activating group) is 1. The van der Waals surface area contributed by atoms with Crippen LogP contribution in [0.25, 0.3) is 0 Å². The first-order valence-electron chi connectivity index (χ1n) is 7.32. The predicted molar refractivity (Wildman–Crippen MR) is 95.8 cm³/mol. The van der Waals surface area contributed by atoms with Gasteiger partial charge in [0, 0.05) is 24.5 Å². The van der Waals surface area contributed by atoms with Gasteiger partial charge in [-0.1, -0.05) is 36.4 Å². The van der Waals surface area contributed by atoms with E-state index in [-0.39, 0.29) is 24.2 Å². The Morgan fingerprint density at radius 1 is 1.23 bits per heavy atom. The highest BCUT2D eigenvalue weighted by Crippen LogP contribution is 2.18. The predicted octanol–water partition coefficient (Wildman–Crippen LogP) is 3.30. The van der Waals surface area contributed by atoms with Crippen LogP contribution in [0.4, 0.5) is 0 Å². The van der Waals surface area contributed by atoms with Crippen molar-refractivity contribution in [3.8, 4) is 0 Å². The van der Waals surface area contributed by atoms with Crippen LogP contribution in [0.1, 0.15) is 23.3 Å². The summed E-state index contributed by atoms with van der Waals surface area (Å²) in [5.74, 6) is -0.114. The monoisotopic (exact) mass is 338 g/mol. The van der Waals surface area contributed by atoms with Crippen LogP contribution in [-0.2, 0) is 11.2 Å². The molecule has 0 fully saturated rings. The highest BCUT2D eigenvalue weighted by Gasteiger charge is 2.23. The molecule has 1 aromatic heterocycles. The number of benzene rings is 1. The van der Waals surface area contributed by atoms with Crippen LogP contribution in [0, 0.1) is 0 Å². The number of hydrogen-bond donors (Lipinski definition) is 1. The second kappa shape index (κ2) is 9.62. The summed E-state index contributed by atoms with van der Waals surface area (Å²) in [6.07, 6.45) is 0.906. The van der Waals surface area contributed by atoms with Gasteiger partial charge in [-0.3, -0.25) is 4.79 Å². The number of nitrogens with zero attached hydrogens (tertiary/aromatic N) is 1. The van der Waals surface area contributed by atoms with Crippen LogP contribution in [0.3, 0.4) is 0 Å². The van der Waals surface area contributed by atoms with Crippen molar-refractivity contribution in [1.29, 1.82) is 0 Å². The highest BCUT2D eigenvalue weighted by molar-refractivity contribution is 7.09. The number of nitrogens with two attached hydrogens (primary N) is 1. The summed E-state index contributed by atoms with van der Waals surface area (Å²) in [6, 6.07) is 14.0. The van der Waals surface area contributed by atoms with E-state index >= 15 is 0 Å². The molecule has 5 heteroatoms. The maximum absolute atomic E-state index is 12.7. The summed E-state index contributed by atoms with van der Waals surface area (Å²) in [6.45, 7) is 3.83. The van der Waals surface area contributed by atoms with E-state index in [2.05, 4.69) is 11.4 Å². The average molecular weight is 339 g/mol. The molecule has 0 saturated carbocycles. The van der Waals surface area contributed by atoms with Gasteiger partial charge in [0.05, 0.1) is 5.92 Å². The number of carbonyl (C=O) groups excluding carboxylic acids is 1. The second-order valence-electron chi connectivity index (χ2n) is 4.95. The zero-order chi connectivity index (χ0) is 15.1. The lowest BCUT2D eigenvalue weighted by molar-refractivity contribution is -0.132. The van der Waals surface area contributed by atoms with Crippen LogP contribution < -0.4 is 5.73 Å². The molecule has 22 heavy (non-hydrogen) atoms. The molecule has 0 saturated heterocycles. The molecule has 2 N–H and O–H groups in total. The Bertz CT molecular complexity index is 545. The fourth-order valence-corrected chi connectivity index (χ4v) is 3.11. The van der Waals surface area contributed by atoms with E-state index in [1.807, 2.05) is 48.2 Å². The number of thiophene rings is 1. The van der Waals surface area contributed by atoms with Crippen molar-refractivity contribution in [2.75, 3.05) is 19.6 Å². The Morgan fingerprint density at radius 2 is 1.95 bits per heavy atom. The van der Waals surface area contributed by atoms with Crippen molar-refractivity contribution >= 4 is 29.7 Å². The number of hydrogen-bond acceptors (Lipinski definition) is 3. The first kappa shape index (κ1) is 18.7. The first-order chi connectivity index (χ1) is 10.3. The summed E-state index contributed by atoms with van der Waals surface area (Å²) in [4.78, 5) is 15.9. The largest absolute Gasteiger partial charge is 0.342 e. The van der Waals surface area contributed by atoms with Gasteiger partial charge in [0.15, 0.2) is 0 Å². The zero-order valence-corrected chi connectivity index (χ0v) is 14.4. The van der Waals surface area contributed by atoms with Crippen molar-refractivity contribution in [3.05, 3.63) is 58.3 Å². The highest BCUT2D eigenvalue weighted by atomic mass is 35.5. The molecule has 0 aliphatic rings. The molecule has 1 atom stereocenters. The average Bonchev–Trinajstić information content (AvgIpc) is 3.03. The molecule has 120 valence electrons. The third-order valence-corrected chi connectivity index (χ3v) is 4.57. The van der Waals surface area contributed by atoms with E-state index in [0.717, 1.165) is 18.5 Å². The van der Waals surface area contributed by atoms with Crippen LogP contribution >= 0.6 is 23.7 Å². The fourth-order valence-electron chi connectivity index (χ4n) is 2.41. The lowest BCUT2D eigenvalue weighted by Gasteiger charge is -2.25. The molecule has 2 rings (SSSR count). The van der Waals surface area contributed by atoms with Gasteiger partial charge in [-0.2, -0.15) is 0 Å². The molecule has 1 aromatic carbocycles. The minimum Gasteiger partial charge on any atom is -0.342 e. The van der Waals surface area contributed by atoms with Gasteiger partial charge >= 0.3 is 0 Å². The molecule has 0 bridgehead atoms. The third kappa shape index (κ3) is 4.83. The summed E-state index contributed by atoms with van der Waals surface area (Å²) in [5, 5.41) is 2.07. The molecule has 3 nitrogen and oxygen atoms in total. The zero-order valence-electron chi connectivity index (χ0n) is 12.8. The Morgan fingerprint density at radius 3 is 2.50 bits per heavy atom. The van der Waals surface area contributed by atoms with Gasteiger partial charge in [-0.15, -0.1) is 23.7 Å². The molecule has 1 heterocycles. The third-order valence-electron chi connectivity index (χ3n) is 3.64. The topological polar surface area (TPSA) is 46.3 Å². The molecular formula is C17H23ClN2OS. The smallest absolute Gasteiger partial charge is 0.231 e. The Balaban J connectivity index is 0.00000242. The van der Waals surface area contributed by atoms with E-state index in [4.69, 9.17) is 5.73 Å². The molecule has 0 aliphatic heterocycles. The van der Waals surface area contributed by atoms with Crippen molar-refractivity contribution in [2.24, 2.45) is 5.73 Å². The van der Waals surface area contributed by atoms with Crippen molar-refractivity contribution in [2.45, 2.75) is 19.3 Å². The van der Waals surface area contributed by atoms with Crippen LogP contribution in [0.5, 0.6) is 0 Å². The second-order valence-corrected chi connectivity index (χ2v) is 5.98. The van der Waals surface area contributed by atoms with Crippen molar-refractivity contribution < 1.29 is 4.79 Å². The Hall–Kier alpha value is -1.36. The molecule has 1 amide bonds.